The first kappa shape index (κ1) is 36.7. The highest BCUT2D eigenvalue weighted by atomic mass is 16.3. The van der Waals surface area contributed by atoms with E-state index in [-0.39, 0.29) is 24.3 Å². The molecule has 1 unspecified atom stereocenters. The summed E-state index contributed by atoms with van der Waals surface area (Å²) in [6, 6.07) is 23.2. The largest absolute Gasteiger partial charge is 0.395 e. The number of hydrogen-bond acceptors (Lipinski definition) is 6. The van der Waals surface area contributed by atoms with E-state index < -0.39 is 11.5 Å². The Morgan fingerprint density at radius 2 is 1.71 bits per heavy atom. The Balaban J connectivity index is 1.25. The van der Waals surface area contributed by atoms with Crippen molar-refractivity contribution < 1.29 is 19.8 Å². The van der Waals surface area contributed by atoms with Crippen molar-refractivity contribution in [2.24, 2.45) is 5.92 Å². The molecule has 3 heterocycles. The molecule has 0 aliphatic carbocycles. The molecular formula is C43H49N5O4. The van der Waals surface area contributed by atoms with E-state index in [1.165, 1.54) is 11.1 Å². The smallest absolute Gasteiger partial charge is 0.264 e. The minimum atomic E-state index is -1.84. The summed E-state index contributed by atoms with van der Waals surface area (Å²) in [7, 11) is 0. The molecule has 0 bridgehead atoms. The maximum absolute atomic E-state index is 14.3. The van der Waals surface area contributed by atoms with E-state index in [4.69, 9.17) is 0 Å². The molecule has 2 N–H and O–H groups in total. The third-order valence-corrected chi connectivity index (χ3v) is 10.2. The lowest BCUT2D eigenvalue weighted by atomic mass is 9.82. The van der Waals surface area contributed by atoms with Crippen LogP contribution in [0.1, 0.15) is 81.7 Å². The first-order valence-corrected chi connectivity index (χ1v) is 18.2. The van der Waals surface area contributed by atoms with Crippen molar-refractivity contribution in [1.29, 1.82) is 0 Å². The Kier molecular flexibility index (Phi) is 11.3. The van der Waals surface area contributed by atoms with E-state index in [0.29, 0.717) is 55.0 Å². The third-order valence-electron chi connectivity index (χ3n) is 10.2. The summed E-state index contributed by atoms with van der Waals surface area (Å²) in [6.45, 7) is 8.91. The van der Waals surface area contributed by atoms with Crippen molar-refractivity contribution in [3.8, 4) is 0 Å². The van der Waals surface area contributed by atoms with E-state index in [1.54, 1.807) is 14.5 Å². The summed E-state index contributed by atoms with van der Waals surface area (Å²) in [5.41, 5.74) is 5.97. The fourth-order valence-corrected chi connectivity index (χ4v) is 7.19. The molecule has 0 saturated carbocycles. The van der Waals surface area contributed by atoms with Gasteiger partial charge in [-0.05, 0) is 81.8 Å². The number of aliphatic hydroxyl groups is 2. The first-order chi connectivity index (χ1) is 25.1. The van der Waals surface area contributed by atoms with Gasteiger partial charge in [-0.3, -0.25) is 19.2 Å². The summed E-state index contributed by atoms with van der Waals surface area (Å²) in [6.07, 6.45) is 13.5. The average molecular weight is 700 g/mol. The number of carbonyl (C=O) groups is 2. The van der Waals surface area contributed by atoms with Crippen LogP contribution in [0.15, 0.2) is 114 Å². The zero-order chi connectivity index (χ0) is 36.8. The number of hydrogen-bond donors (Lipinski definition) is 2. The Hall–Kier alpha value is -5.12. The van der Waals surface area contributed by atoms with Gasteiger partial charge in [-0.2, -0.15) is 0 Å². The molecule has 3 atom stereocenters. The topological polar surface area (TPSA) is 112 Å². The molecule has 6 rings (SSSR count). The highest BCUT2D eigenvalue weighted by Gasteiger charge is 2.52. The van der Waals surface area contributed by atoms with Gasteiger partial charge in [0.15, 0.2) is 5.60 Å². The summed E-state index contributed by atoms with van der Waals surface area (Å²) < 4.78 is 1.74. The van der Waals surface area contributed by atoms with E-state index in [1.807, 2.05) is 98.1 Å². The number of para-hydroxylation sites is 1. The second-order valence-corrected chi connectivity index (χ2v) is 14.2. The Labute approximate surface area is 306 Å². The summed E-state index contributed by atoms with van der Waals surface area (Å²) >= 11 is 0. The molecule has 52 heavy (non-hydrogen) atoms. The number of allylic oxidation sites excluding steroid dienone is 4. The number of amides is 2. The van der Waals surface area contributed by atoms with Gasteiger partial charge in [0.1, 0.15) is 0 Å². The lowest BCUT2D eigenvalue weighted by Crippen LogP contribution is -2.44. The molecule has 2 aliphatic rings. The number of carbonyl (C=O) groups excluding carboxylic acids is 2. The van der Waals surface area contributed by atoms with Crippen molar-refractivity contribution in [2.75, 3.05) is 23.0 Å². The quantitative estimate of drug-likeness (QED) is 0.132. The van der Waals surface area contributed by atoms with Crippen LogP contribution in [0.25, 0.3) is 0 Å². The third kappa shape index (κ3) is 7.56. The summed E-state index contributed by atoms with van der Waals surface area (Å²) in [4.78, 5) is 31.1. The normalized spacial score (nSPS) is 18.5. The lowest BCUT2D eigenvalue weighted by molar-refractivity contribution is -0.139. The minimum Gasteiger partial charge on any atom is -0.395 e. The summed E-state index contributed by atoms with van der Waals surface area (Å²) in [5.74, 6) is -1.23. The van der Waals surface area contributed by atoms with Crippen molar-refractivity contribution in [3.05, 3.63) is 137 Å². The van der Waals surface area contributed by atoms with E-state index in [2.05, 4.69) is 43.2 Å². The first-order valence-electron chi connectivity index (χ1n) is 18.2. The van der Waals surface area contributed by atoms with Crippen LogP contribution in [0.4, 0.5) is 17.1 Å². The number of fused-ring (bicyclic) bond motifs is 2. The van der Waals surface area contributed by atoms with Gasteiger partial charge in [0.25, 0.3) is 5.91 Å². The van der Waals surface area contributed by atoms with Gasteiger partial charge in [0, 0.05) is 42.9 Å². The van der Waals surface area contributed by atoms with Gasteiger partial charge in [-0.25, -0.2) is 0 Å². The molecule has 2 amide bonds. The molecule has 0 fully saturated rings. The number of benzene rings is 3. The predicted molar refractivity (Wildman–Crippen MR) is 205 cm³/mol. The maximum Gasteiger partial charge on any atom is 0.264 e. The molecule has 4 aromatic rings. The minimum absolute atomic E-state index is 0.0171. The standard InChI is InChI=1S/C43H49N5O4/c1-30(2)13-12-14-31(3)24-26-47-40-22-21-35(48-39-19-9-8-18-34(39)20-23-41(48)50)27-37(40)43(52,42(47)51)32(4)15-10-11-25-46-28-38(44-45-46)36(29-49)33-16-6-5-7-17-33/h5-10,13,15-19,21-22,24,27-28,32,36,49,52H,11-12,14,20,23,25-26,29H2,1-4H3/b15-10+,31-24+/t32-,36?,43+/m0/s1. The maximum atomic E-state index is 14.3. The molecule has 9 nitrogen and oxygen atoms in total. The number of anilines is 3. The van der Waals surface area contributed by atoms with Gasteiger partial charge in [-0.1, -0.05) is 96.1 Å². The molecule has 1 aromatic heterocycles. The van der Waals surface area contributed by atoms with Gasteiger partial charge >= 0.3 is 0 Å². The van der Waals surface area contributed by atoms with E-state index in [0.717, 1.165) is 29.7 Å². The van der Waals surface area contributed by atoms with Gasteiger partial charge in [-0.15, -0.1) is 5.10 Å². The highest BCUT2D eigenvalue weighted by Crippen LogP contribution is 2.48. The fraction of sp³-hybridized carbons (Fsp3) is 0.349. The second kappa shape index (κ2) is 16.0. The molecular weight excluding hydrogens is 651 g/mol. The number of aromatic nitrogens is 3. The Morgan fingerprint density at radius 1 is 0.942 bits per heavy atom. The molecule has 0 saturated heterocycles. The van der Waals surface area contributed by atoms with Crippen molar-refractivity contribution in [1.82, 2.24) is 15.0 Å². The molecule has 9 heteroatoms. The van der Waals surface area contributed by atoms with Crippen LogP contribution < -0.4 is 9.80 Å². The number of aryl methyl sites for hydroxylation is 2. The number of nitrogens with zero attached hydrogens (tertiary/aromatic N) is 5. The van der Waals surface area contributed by atoms with E-state index in [9.17, 15) is 19.8 Å². The molecule has 0 spiro atoms. The van der Waals surface area contributed by atoms with Crippen LogP contribution in [0, 0.1) is 5.92 Å². The average Bonchev–Trinajstić information content (AvgIpc) is 3.69. The Morgan fingerprint density at radius 3 is 2.48 bits per heavy atom. The van der Waals surface area contributed by atoms with Crippen LogP contribution in [0.2, 0.25) is 0 Å². The van der Waals surface area contributed by atoms with Crippen molar-refractivity contribution in [3.63, 3.8) is 0 Å². The van der Waals surface area contributed by atoms with Crippen LogP contribution >= 0.6 is 0 Å². The van der Waals surface area contributed by atoms with Crippen LogP contribution in [0.5, 0.6) is 0 Å². The van der Waals surface area contributed by atoms with Crippen LogP contribution in [-0.2, 0) is 28.2 Å². The lowest BCUT2D eigenvalue weighted by Gasteiger charge is -2.31. The molecule has 0 radical (unpaired) electrons. The van der Waals surface area contributed by atoms with Gasteiger partial charge < -0.3 is 15.1 Å². The monoisotopic (exact) mass is 699 g/mol. The van der Waals surface area contributed by atoms with Gasteiger partial charge in [0.2, 0.25) is 5.91 Å². The zero-order valence-electron chi connectivity index (χ0n) is 30.6. The predicted octanol–water partition coefficient (Wildman–Crippen LogP) is 7.52. The van der Waals surface area contributed by atoms with E-state index >= 15 is 0 Å². The van der Waals surface area contributed by atoms with Crippen molar-refractivity contribution in [2.45, 2.75) is 77.9 Å². The van der Waals surface area contributed by atoms with Crippen LogP contribution in [-0.4, -0.2) is 50.2 Å². The highest BCUT2D eigenvalue weighted by molar-refractivity contribution is 6.09. The Bertz CT molecular complexity index is 1990. The fourth-order valence-electron chi connectivity index (χ4n) is 7.19. The SMILES string of the molecule is CC(C)=CCC/C(C)=C/CN1C(=O)[C@@](O)([C@@H](C)/C=C/CCn2cc(C(CO)c3ccccc3)nn2)c2cc(N3C(=O)CCc4ccccc43)ccc21. The van der Waals surface area contributed by atoms with Crippen LogP contribution in [0.3, 0.4) is 0 Å². The number of rotatable bonds is 14. The van der Waals surface area contributed by atoms with Crippen molar-refractivity contribution >= 4 is 28.9 Å². The molecule has 2 aliphatic heterocycles. The molecule has 3 aromatic carbocycles. The van der Waals surface area contributed by atoms with Gasteiger partial charge in [0.05, 0.1) is 29.6 Å². The number of aliphatic hydroxyl groups excluding tert-OH is 1. The zero-order valence-corrected chi connectivity index (χ0v) is 30.6. The molecule has 270 valence electrons. The summed E-state index contributed by atoms with van der Waals surface area (Å²) in [5, 5.41) is 31.1. The second-order valence-electron chi connectivity index (χ2n) is 14.2.